The first kappa shape index (κ1) is 17.6. The van der Waals surface area contributed by atoms with Crippen LogP contribution in [-0.4, -0.2) is 16.0 Å². The van der Waals surface area contributed by atoms with Gasteiger partial charge in [0.25, 0.3) is 5.91 Å². The second-order valence-electron chi connectivity index (χ2n) is 7.16. The number of amides is 1. The monoisotopic (exact) mass is 400 g/mol. The third-order valence-corrected chi connectivity index (χ3v) is 5.54. The first-order chi connectivity index (χ1) is 14.0. The van der Waals surface area contributed by atoms with Gasteiger partial charge in [0.2, 0.25) is 0 Å². The van der Waals surface area contributed by atoms with Crippen molar-refractivity contribution in [2.45, 2.75) is 6.92 Å². The zero-order valence-corrected chi connectivity index (χ0v) is 16.3. The van der Waals surface area contributed by atoms with Crippen molar-refractivity contribution < 1.29 is 9.90 Å². The molecule has 1 amide bonds. The van der Waals surface area contributed by atoms with Gasteiger partial charge in [0.15, 0.2) is 0 Å². The third kappa shape index (κ3) is 2.89. The summed E-state index contributed by atoms with van der Waals surface area (Å²) < 4.78 is 0. The molecule has 5 aromatic rings. The molecule has 4 aromatic carbocycles. The van der Waals surface area contributed by atoms with Crippen LogP contribution < -0.4 is 5.32 Å². The quantitative estimate of drug-likeness (QED) is 0.321. The average molecular weight is 401 g/mol. The number of benzene rings is 4. The fraction of sp³-hybridized carbons (Fsp3) is 0.0417. The number of H-pyrrole nitrogens is 1. The summed E-state index contributed by atoms with van der Waals surface area (Å²) in [6.07, 6.45) is 0. The number of carbonyl (C=O) groups excluding carboxylic acids is 1. The van der Waals surface area contributed by atoms with Crippen molar-refractivity contribution in [3.8, 4) is 5.75 Å². The van der Waals surface area contributed by atoms with E-state index in [1.165, 1.54) is 0 Å². The topological polar surface area (TPSA) is 65.1 Å². The molecule has 0 fully saturated rings. The number of fused-ring (bicyclic) bond motifs is 5. The highest BCUT2D eigenvalue weighted by Gasteiger charge is 2.16. The first-order valence-electron chi connectivity index (χ1n) is 9.25. The number of aromatic amines is 1. The van der Waals surface area contributed by atoms with Crippen LogP contribution in [0.5, 0.6) is 5.75 Å². The fourth-order valence-corrected chi connectivity index (χ4v) is 3.95. The number of aryl methyl sites for hydroxylation is 1. The molecule has 0 saturated heterocycles. The Bertz CT molecular complexity index is 1440. The predicted octanol–water partition coefficient (Wildman–Crippen LogP) is 6.39. The molecule has 5 heteroatoms. The number of rotatable bonds is 2. The van der Waals surface area contributed by atoms with Crippen molar-refractivity contribution in [2.75, 3.05) is 5.32 Å². The van der Waals surface area contributed by atoms with Crippen molar-refractivity contribution in [1.29, 1.82) is 0 Å². The molecule has 3 N–H and O–H groups in total. The molecular formula is C24H17ClN2O2. The van der Waals surface area contributed by atoms with E-state index in [-0.39, 0.29) is 17.2 Å². The minimum atomic E-state index is -0.383. The van der Waals surface area contributed by atoms with E-state index >= 15 is 0 Å². The molecule has 0 bridgehead atoms. The van der Waals surface area contributed by atoms with Gasteiger partial charge in [-0.05, 0) is 48.2 Å². The number of hydrogen-bond donors (Lipinski definition) is 3. The number of anilines is 1. The van der Waals surface area contributed by atoms with Gasteiger partial charge >= 0.3 is 0 Å². The third-order valence-electron chi connectivity index (χ3n) is 5.31. The second kappa shape index (κ2) is 6.54. The molecule has 0 aliphatic rings. The van der Waals surface area contributed by atoms with Gasteiger partial charge in [-0.15, -0.1) is 0 Å². The van der Waals surface area contributed by atoms with Crippen LogP contribution in [0, 0.1) is 6.92 Å². The number of aromatic nitrogens is 1. The van der Waals surface area contributed by atoms with Gasteiger partial charge in [-0.2, -0.15) is 0 Å². The molecule has 0 aliphatic carbocycles. The molecule has 5 rings (SSSR count). The van der Waals surface area contributed by atoms with Gasteiger partial charge in [-0.1, -0.05) is 48.0 Å². The van der Waals surface area contributed by atoms with Crippen molar-refractivity contribution in [3.05, 3.63) is 82.9 Å². The number of halogens is 1. The maximum absolute atomic E-state index is 12.8. The minimum Gasteiger partial charge on any atom is -0.507 e. The van der Waals surface area contributed by atoms with E-state index in [2.05, 4.69) is 16.4 Å². The van der Waals surface area contributed by atoms with Crippen LogP contribution >= 0.6 is 11.6 Å². The van der Waals surface area contributed by atoms with Crippen LogP contribution in [0.2, 0.25) is 5.02 Å². The standard InChI is InChI=1S/C24H17ClN2O2/c1-13-6-8-15(25)11-21(13)27-24(29)19-10-14-7-9-17-16-4-2-3-5-20(16)26-23(17)18(14)12-22(19)28/h2-12,26,28H,1H3,(H,27,29). The number of carbonyl (C=O) groups is 1. The van der Waals surface area contributed by atoms with Crippen molar-refractivity contribution in [3.63, 3.8) is 0 Å². The van der Waals surface area contributed by atoms with Gasteiger partial charge in [0.05, 0.1) is 11.1 Å². The molecule has 1 aromatic heterocycles. The minimum absolute atomic E-state index is 0.0687. The summed E-state index contributed by atoms with van der Waals surface area (Å²) >= 11 is 6.04. The molecule has 4 nitrogen and oxygen atoms in total. The first-order valence-corrected chi connectivity index (χ1v) is 9.63. The summed E-state index contributed by atoms with van der Waals surface area (Å²) in [4.78, 5) is 16.2. The number of phenols is 1. The lowest BCUT2D eigenvalue weighted by Gasteiger charge is -2.11. The van der Waals surface area contributed by atoms with Gasteiger partial charge < -0.3 is 15.4 Å². The molecule has 0 atom stereocenters. The summed E-state index contributed by atoms with van der Waals surface area (Å²) in [6, 6.07) is 20.7. The van der Waals surface area contributed by atoms with Gasteiger partial charge in [-0.25, -0.2) is 0 Å². The number of nitrogens with one attached hydrogen (secondary N) is 2. The molecule has 0 spiro atoms. The zero-order chi connectivity index (χ0) is 20.1. The van der Waals surface area contributed by atoms with Crippen LogP contribution in [0.25, 0.3) is 32.6 Å². The SMILES string of the molecule is Cc1ccc(Cl)cc1NC(=O)c1cc2ccc3c4ccccc4[nH]c3c2cc1O. The van der Waals surface area contributed by atoms with Crippen molar-refractivity contribution in [2.24, 2.45) is 0 Å². The predicted molar refractivity (Wildman–Crippen MR) is 119 cm³/mol. The second-order valence-corrected chi connectivity index (χ2v) is 7.60. The van der Waals surface area contributed by atoms with Crippen LogP contribution in [0.4, 0.5) is 5.69 Å². The van der Waals surface area contributed by atoms with Gasteiger partial charge in [0.1, 0.15) is 5.75 Å². The summed E-state index contributed by atoms with van der Waals surface area (Å²) in [5, 5.41) is 17.9. The Morgan fingerprint density at radius 1 is 0.966 bits per heavy atom. The number of hydrogen-bond acceptors (Lipinski definition) is 2. The Kier molecular flexibility index (Phi) is 3.96. The van der Waals surface area contributed by atoms with Gasteiger partial charge in [0, 0.05) is 32.4 Å². The van der Waals surface area contributed by atoms with Gasteiger partial charge in [-0.3, -0.25) is 4.79 Å². The summed E-state index contributed by atoms with van der Waals surface area (Å²) in [5.41, 5.74) is 3.70. The summed E-state index contributed by atoms with van der Waals surface area (Å²) in [6.45, 7) is 1.89. The highest BCUT2D eigenvalue weighted by Crippen LogP contribution is 2.34. The average Bonchev–Trinajstić information content (AvgIpc) is 3.09. The maximum Gasteiger partial charge on any atom is 0.259 e. The van der Waals surface area contributed by atoms with Crippen LogP contribution in [0.3, 0.4) is 0 Å². The smallest absolute Gasteiger partial charge is 0.259 e. The molecule has 142 valence electrons. The lowest BCUT2D eigenvalue weighted by atomic mass is 10.0. The largest absolute Gasteiger partial charge is 0.507 e. The Hall–Kier alpha value is -3.50. The number of aromatic hydroxyl groups is 1. The van der Waals surface area contributed by atoms with Crippen molar-refractivity contribution >= 4 is 55.8 Å². The normalized spacial score (nSPS) is 11.4. The van der Waals surface area contributed by atoms with E-state index in [9.17, 15) is 9.90 Å². The lowest BCUT2D eigenvalue weighted by Crippen LogP contribution is -2.13. The highest BCUT2D eigenvalue weighted by atomic mass is 35.5. The molecule has 29 heavy (non-hydrogen) atoms. The Labute approximate surface area is 171 Å². The summed E-state index contributed by atoms with van der Waals surface area (Å²) in [5.74, 6) is -0.452. The van der Waals surface area contributed by atoms with E-state index in [4.69, 9.17) is 11.6 Å². The van der Waals surface area contributed by atoms with Crippen LogP contribution in [0.15, 0.2) is 66.7 Å². The van der Waals surface area contributed by atoms with Crippen molar-refractivity contribution in [1.82, 2.24) is 4.98 Å². The molecule has 0 radical (unpaired) electrons. The zero-order valence-electron chi connectivity index (χ0n) is 15.6. The Balaban J connectivity index is 1.62. The molecule has 1 heterocycles. The molecule has 0 unspecified atom stereocenters. The molecule has 0 aliphatic heterocycles. The molecular weight excluding hydrogens is 384 g/mol. The van der Waals surface area contributed by atoms with E-state index in [1.54, 1.807) is 24.3 Å². The van der Waals surface area contributed by atoms with E-state index in [0.29, 0.717) is 10.7 Å². The highest BCUT2D eigenvalue weighted by molar-refractivity contribution is 6.31. The van der Waals surface area contributed by atoms with E-state index < -0.39 is 0 Å². The number of para-hydroxylation sites is 1. The Morgan fingerprint density at radius 2 is 1.79 bits per heavy atom. The van der Waals surface area contributed by atoms with E-state index in [0.717, 1.165) is 38.1 Å². The summed E-state index contributed by atoms with van der Waals surface area (Å²) in [7, 11) is 0. The number of phenolic OH excluding ortho intramolecular Hbond substituents is 1. The fourth-order valence-electron chi connectivity index (χ4n) is 3.78. The van der Waals surface area contributed by atoms with Crippen LogP contribution in [0.1, 0.15) is 15.9 Å². The van der Waals surface area contributed by atoms with E-state index in [1.807, 2.05) is 43.3 Å². The lowest BCUT2D eigenvalue weighted by molar-refractivity contribution is 0.102. The Morgan fingerprint density at radius 3 is 2.66 bits per heavy atom. The maximum atomic E-state index is 12.8. The van der Waals surface area contributed by atoms with Crippen LogP contribution in [-0.2, 0) is 0 Å². The molecule has 0 saturated carbocycles.